The molecule has 2 heterocycles. The molecule has 1 saturated heterocycles. The molecular weight excluding hydrogens is 253 g/mol. The number of nitrogens with one attached hydrogen (secondary N) is 1. The largest absolute Gasteiger partial charge is 0.377 e. The fourth-order valence-electron chi connectivity index (χ4n) is 1.91. The lowest BCUT2D eigenvalue weighted by Gasteiger charge is -2.34. The van der Waals surface area contributed by atoms with Crippen LogP contribution < -0.4 is 5.32 Å². The number of aromatic nitrogens is 1. The van der Waals surface area contributed by atoms with Gasteiger partial charge in [0.15, 0.2) is 0 Å². The molecule has 6 nitrogen and oxygen atoms in total. The van der Waals surface area contributed by atoms with E-state index in [1.54, 1.807) is 0 Å². The van der Waals surface area contributed by atoms with E-state index in [0.717, 1.165) is 6.07 Å². The molecule has 2 rings (SSSR count). The van der Waals surface area contributed by atoms with Crippen LogP contribution in [0.2, 0.25) is 0 Å². The van der Waals surface area contributed by atoms with Crippen LogP contribution in [0.25, 0.3) is 0 Å². The van der Waals surface area contributed by atoms with Gasteiger partial charge >= 0.3 is 0 Å². The molecule has 0 spiro atoms. The summed E-state index contributed by atoms with van der Waals surface area (Å²) in [4.78, 5) is 28.8. The molecular formula is C12H14FN3O3. The molecule has 102 valence electrons. The Bertz CT molecular complexity index is 495. The molecule has 7 heteroatoms. The van der Waals surface area contributed by atoms with E-state index in [1.807, 2.05) is 0 Å². The molecule has 2 amide bonds. The Morgan fingerprint density at radius 1 is 1.53 bits per heavy atom. The zero-order valence-electron chi connectivity index (χ0n) is 10.4. The van der Waals surface area contributed by atoms with Crippen LogP contribution in [-0.4, -0.2) is 54.5 Å². The highest BCUT2D eigenvalue weighted by Crippen LogP contribution is 2.12. The molecule has 0 aromatic carbocycles. The Labute approximate surface area is 109 Å². The van der Waals surface area contributed by atoms with Crippen molar-refractivity contribution in [1.82, 2.24) is 15.2 Å². The number of ether oxygens (including phenoxy) is 1. The Balaban J connectivity index is 2.22. The van der Waals surface area contributed by atoms with Gasteiger partial charge in [0.25, 0.3) is 5.91 Å². The molecule has 0 radical (unpaired) electrons. The molecule has 0 bridgehead atoms. The van der Waals surface area contributed by atoms with E-state index in [2.05, 4.69) is 10.3 Å². The van der Waals surface area contributed by atoms with Crippen molar-refractivity contribution in [1.29, 1.82) is 0 Å². The van der Waals surface area contributed by atoms with Gasteiger partial charge in [-0.15, -0.1) is 0 Å². The van der Waals surface area contributed by atoms with E-state index < -0.39 is 17.9 Å². The third kappa shape index (κ3) is 2.87. The number of morpholine rings is 1. The second-order valence-electron chi connectivity index (χ2n) is 4.05. The van der Waals surface area contributed by atoms with E-state index in [1.165, 1.54) is 24.1 Å². The summed E-state index contributed by atoms with van der Waals surface area (Å²) in [7, 11) is 1.49. The summed E-state index contributed by atoms with van der Waals surface area (Å²) < 4.78 is 18.2. The zero-order valence-corrected chi connectivity index (χ0v) is 10.4. The predicted octanol–water partition coefficient (Wildman–Crippen LogP) is -0.192. The Morgan fingerprint density at radius 2 is 2.32 bits per heavy atom. The standard InChI is InChI=1S/C12H14FN3O3/c1-14-11(17)9-7-19-6-5-16(9)12(18)8-3-2-4-10(13)15-8/h2-4,9H,5-7H2,1H3,(H,14,17). The summed E-state index contributed by atoms with van der Waals surface area (Å²) >= 11 is 0. The normalized spacial score (nSPS) is 19.1. The summed E-state index contributed by atoms with van der Waals surface area (Å²) in [6.45, 7) is 0.740. The quantitative estimate of drug-likeness (QED) is 0.754. The first-order valence-corrected chi connectivity index (χ1v) is 5.86. The van der Waals surface area contributed by atoms with Gasteiger partial charge in [0.2, 0.25) is 11.9 Å². The van der Waals surface area contributed by atoms with Gasteiger partial charge in [-0.1, -0.05) is 6.07 Å². The molecule has 1 unspecified atom stereocenters. The Hall–Kier alpha value is -2.02. The van der Waals surface area contributed by atoms with Crippen molar-refractivity contribution in [2.24, 2.45) is 0 Å². The number of nitrogens with zero attached hydrogens (tertiary/aromatic N) is 2. The van der Waals surface area contributed by atoms with Gasteiger partial charge in [0.1, 0.15) is 11.7 Å². The number of carbonyl (C=O) groups excluding carboxylic acids is 2. The van der Waals surface area contributed by atoms with Gasteiger partial charge in [-0.05, 0) is 12.1 Å². The minimum atomic E-state index is -0.726. The van der Waals surface area contributed by atoms with Crippen LogP contribution >= 0.6 is 0 Å². The van der Waals surface area contributed by atoms with Crippen LogP contribution in [0.5, 0.6) is 0 Å². The highest BCUT2D eigenvalue weighted by atomic mass is 19.1. The second kappa shape index (κ2) is 5.75. The SMILES string of the molecule is CNC(=O)C1COCCN1C(=O)c1cccc(F)n1. The van der Waals surface area contributed by atoms with Crippen LogP contribution in [0.4, 0.5) is 4.39 Å². The number of halogens is 1. The minimum absolute atomic E-state index is 0.0178. The third-order valence-electron chi connectivity index (χ3n) is 2.87. The van der Waals surface area contributed by atoms with E-state index in [-0.39, 0.29) is 24.8 Å². The molecule has 1 atom stereocenters. The first-order chi connectivity index (χ1) is 9.13. The van der Waals surface area contributed by atoms with E-state index in [0.29, 0.717) is 6.61 Å². The number of carbonyl (C=O) groups is 2. The fraction of sp³-hybridized carbons (Fsp3) is 0.417. The van der Waals surface area contributed by atoms with Crippen LogP contribution in [0.1, 0.15) is 10.5 Å². The Kier molecular flexibility index (Phi) is 4.06. The van der Waals surface area contributed by atoms with Crippen molar-refractivity contribution in [2.45, 2.75) is 6.04 Å². The average molecular weight is 267 g/mol. The van der Waals surface area contributed by atoms with Crippen molar-refractivity contribution in [3.8, 4) is 0 Å². The van der Waals surface area contributed by atoms with E-state index in [4.69, 9.17) is 4.74 Å². The number of amides is 2. The summed E-state index contributed by atoms with van der Waals surface area (Å²) in [5, 5.41) is 2.48. The summed E-state index contributed by atoms with van der Waals surface area (Å²) in [5.74, 6) is -1.52. The van der Waals surface area contributed by atoms with E-state index >= 15 is 0 Å². The maximum absolute atomic E-state index is 13.0. The molecule has 19 heavy (non-hydrogen) atoms. The van der Waals surface area contributed by atoms with Crippen molar-refractivity contribution in [2.75, 3.05) is 26.8 Å². The van der Waals surface area contributed by atoms with Crippen LogP contribution in [0.15, 0.2) is 18.2 Å². The lowest BCUT2D eigenvalue weighted by Crippen LogP contribution is -2.55. The number of hydrogen-bond acceptors (Lipinski definition) is 4. The van der Waals surface area contributed by atoms with Gasteiger partial charge in [-0.3, -0.25) is 9.59 Å². The molecule has 1 aliphatic rings. The first kappa shape index (κ1) is 13.4. The van der Waals surface area contributed by atoms with Crippen molar-refractivity contribution in [3.63, 3.8) is 0 Å². The van der Waals surface area contributed by atoms with Gasteiger partial charge in [-0.2, -0.15) is 4.39 Å². The van der Waals surface area contributed by atoms with E-state index in [9.17, 15) is 14.0 Å². The summed E-state index contributed by atoms with van der Waals surface area (Å²) in [6.07, 6.45) is 0. The average Bonchev–Trinajstić information content (AvgIpc) is 2.45. The summed E-state index contributed by atoms with van der Waals surface area (Å²) in [5.41, 5.74) is -0.0178. The molecule has 1 N–H and O–H groups in total. The van der Waals surface area contributed by atoms with Gasteiger partial charge in [-0.25, -0.2) is 4.98 Å². The molecule has 0 saturated carbocycles. The molecule has 1 aliphatic heterocycles. The van der Waals surface area contributed by atoms with Gasteiger partial charge < -0.3 is 15.0 Å². The second-order valence-corrected chi connectivity index (χ2v) is 4.05. The minimum Gasteiger partial charge on any atom is -0.377 e. The van der Waals surface area contributed by atoms with Crippen molar-refractivity contribution >= 4 is 11.8 Å². The fourth-order valence-corrected chi connectivity index (χ4v) is 1.91. The third-order valence-corrected chi connectivity index (χ3v) is 2.87. The molecule has 1 fully saturated rings. The number of rotatable bonds is 2. The summed E-state index contributed by atoms with van der Waals surface area (Å²) in [6, 6.07) is 3.27. The van der Waals surface area contributed by atoms with Gasteiger partial charge in [0, 0.05) is 13.6 Å². The highest BCUT2D eigenvalue weighted by Gasteiger charge is 2.33. The molecule has 0 aliphatic carbocycles. The van der Waals surface area contributed by atoms with Crippen molar-refractivity contribution in [3.05, 3.63) is 29.8 Å². The predicted molar refractivity (Wildman–Crippen MR) is 63.9 cm³/mol. The molecule has 1 aromatic heterocycles. The number of hydrogen-bond donors (Lipinski definition) is 1. The maximum atomic E-state index is 13.0. The monoisotopic (exact) mass is 267 g/mol. The number of likely N-dealkylation sites (N-methyl/N-ethyl adjacent to an activating group) is 1. The van der Waals surface area contributed by atoms with Crippen LogP contribution in [0, 0.1) is 5.95 Å². The van der Waals surface area contributed by atoms with Crippen LogP contribution in [0.3, 0.4) is 0 Å². The molecule has 1 aromatic rings. The topological polar surface area (TPSA) is 71.5 Å². The zero-order chi connectivity index (χ0) is 13.8. The Morgan fingerprint density at radius 3 is 3.00 bits per heavy atom. The number of pyridine rings is 1. The van der Waals surface area contributed by atoms with Crippen LogP contribution in [-0.2, 0) is 9.53 Å². The maximum Gasteiger partial charge on any atom is 0.273 e. The smallest absolute Gasteiger partial charge is 0.273 e. The van der Waals surface area contributed by atoms with Gasteiger partial charge in [0.05, 0.1) is 13.2 Å². The van der Waals surface area contributed by atoms with Crippen molar-refractivity contribution < 1.29 is 18.7 Å². The lowest BCUT2D eigenvalue weighted by molar-refractivity contribution is -0.130. The first-order valence-electron chi connectivity index (χ1n) is 5.86. The highest BCUT2D eigenvalue weighted by molar-refractivity contribution is 5.96. The lowest BCUT2D eigenvalue weighted by atomic mass is 10.2.